The Hall–Kier alpha value is -3.38. The summed E-state index contributed by atoms with van der Waals surface area (Å²) in [7, 11) is 8.17. The fourth-order valence-electron chi connectivity index (χ4n) is 3.96. The summed E-state index contributed by atoms with van der Waals surface area (Å²) in [5.74, 6) is -0.148. The van der Waals surface area contributed by atoms with Crippen LogP contribution in [0.5, 0.6) is 0 Å². The van der Waals surface area contributed by atoms with Gasteiger partial charge < -0.3 is 20.4 Å². The van der Waals surface area contributed by atoms with E-state index in [4.69, 9.17) is 12.2 Å². The van der Waals surface area contributed by atoms with E-state index in [-0.39, 0.29) is 11.8 Å². The van der Waals surface area contributed by atoms with Crippen molar-refractivity contribution >= 4 is 40.3 Å². The monoisotopic (exact) mass is 502 g/mol. The van der Waals surface area contributed by atoms with Gasteiger partial charge in [-0.25, -0.2) is 0 Å². The van der Waals surface area contributed by atoms with E-state index < -0.39 is 5.41 Å². The third-order valence-corrected chi connectivity index (χ3v) is 6.36. The molecule has 3 aromatic carbocycles. The number of rotatable bonds is 6. The first kappa shape index (κ1) is 27.2. The van der Waals surface area contributed by atoms with E-state index in [2.05, 4.69) is 88.0 Å². The SMILES string of the molecule is Cc1ccc(NC(=S)NC(=O)C(C)(C)C)c(C(c2ccc(N(C)C)cc2)c2ccc(N(C)C)cc2)c1. The van der Waals surface area contributed by atoms with Crippen LogP contribution in [0.15, 0.2) is 66.7 Å². The Labute approximate surface area is 221 Å². The third kappa shape index (κ3) is 6.64. The smallest absolute Gasteiger partial charge is 0.231 e. The average Bonchev–Trinajstić information content (AvgIpc) is 2.81. The molecule has 3 aromatic rings. The molecule has 5 nitrogen and oxygen atoms in total. The van der Waals surface area contributed by atoms with Crippen LogP contribution in [0.4, 0.5) is 17.1 Å². The van der Waals surface area contributed by atoms with Crippen molar-refractivity contribution in [3.63, 3.8) is 0 Å². The molecule has 0 radical (unpaired) electrons. The molecule has 0 aliphatic heterocycles. The Morgan fingerprint density at radius 2 is 1.28 bits per heavy atom. The molecule has 0 aliphatic carbocycles. The quantitative estimate of drug-likeness (QED) is 0.312. The lowest BCUT2D eigenvalue weighted by molar-refractivity contribution is -0.126. The molecule has 6 heteroatoms. The van der Waals surface area contributed by atoms with Crippen LogP contribution in [0.25, 0.3) is 0 Å². The topological polar surface area (TPSA) is 47.6 Å². The molecular weight excluding hydrogens is 464 g/mol. The van der Waals surface area contributed by atoms with Crippen LogP contribution in [0.3, 0.4) is 0 Å². The van der Waals surface area contributed by atoms with Gasteiger partial charge in [-0.3, -0.25) is 4.79 Å². The maximum absolute atomic E-state index is 12.5. The zero-order valence-electron chi connectivity index (χ0n) is 22.6. The molecule has 0 fully saturated rings. The van der Waals surface area contributed by atoms with E-state index >= 15 is 0 Å². The van der Waals surface area contributed by atoms with Gasteiger partial charge in [0.15, 0.2) is 5.11 Å². The van der Waals surface area contributed by atoms with Crippen molar-refractivity contribution < 1.29 is 4.79 Å². The number of amides is 1. The lowest BCUT2D eigenvalue weighted by atomic mass is 9.83. The molecule has 0 aliphatic rings. The molecule has 0 saturated heterocycles. The number of benzene rings is 3. The van der Waals surface area contributed by atoms with Crippen molar-refractivity contribution in [3.8, 4) is 0 Å². The molecular formula is C30H38N4OS. The summed E-state index contributed by atoms with van der Waals surface area (Å²) < 4.78 is 0. The number of hydrogen-bond donors (Lipinski definition) is 2. The minimum Gasteiger partial charge on any atom is -0.378 e. The van der Waals surface area contributed by atoms with Crippen LogP contribution in [-0.4, -0.2) is 39.2 Å². The van der Waals surface area contributed by atoms with E-state index in [1.165, 1.54) is 11.1 Å². The number of carbonyl (C=O) groups is 1. The van der Waals surface area contributed by atoms with Crippen LogP contribution in [0.1, 0.15) is 48.9 Å². The van der Waals surface area contributed by atoms with E-state index in [1.54, 1.807) is 0 Å². The number of carbonyl (C=O) groups excluding carboxylic acids is 1. The van der Waals surface area contributed by atoms with Gasteiger partial charge >= 0.3 is 0 Å². The average molecular weight is 503 g/mol. The Morgan fingerprint density at radius 3 is 1.69 bits per heavy atom. The minimum absolute atomic E-state index is 0.0269. The first-order valence-electron chi connectivity index (χ1n) is 12.1. The Morgan fingerprint density at radius 1 is 0.806 bits per heavy atom. The van der Waals surface area contributed by atoms with Crippen molar-refractivity contribution in [1.82, 2.24) is 5.32 Å². The second-order valence-electron chi connectivity index (χ2n) is 10.7. The Kier molecular flexibility index (Phi) is 8.41. The first-order valence-corrected chi connectivity index (χ1v) is 12.5. The predicted octanol–water partition coefficient (Wildman–Crippen LogP) is 6.17. The summed E-state index contributed by atoms with van der Waals surface area (Å²) >= 11 is 5.53. The maximum Gasteiger partial charge on any atom is 0.231 e. The molecule has 2 N–H and O–H groups in total. The second-order valence-corrected chi connectivity index (χ2v) is 11.1. The molecule has 36 heavy (non-hydrogen) atoms. The highest BCUT2D eigenvalue weighted by Gasteiger charge is 2.24. The highest BCUT2D eigenvalue weighted by Crippen LogP contribution is 2.38. The summed E-state index contributed by atoms with van der Waals surface area (Å²) in [5, 5.41) is 6.44. The summed E-state index contributed by atoms with van der Waals surface area (Å²) in [6.45, 7) is 7.70. The fourth-order valence-corrected chi connectivity index (χ4v) is 4.16. The van der Waals surface area contributed by atoms with Crippen LogP contribution in [0.2, 0.25) is 0 Å². The van der Waals surface area contributed by atoms with Gasteiger partial charge in [-0.2, -0.15) is 0 Å². The second kappa shape index (κ2) is 11.1. The fraction of sp³-hybridized carbons (Fsp3) is 0.333. The van der Waals surface area contributed by atoms with Crippen LogP contribution < -0.4 is 20.4 Å². The molecule has 1 amide bonds. The van der Waals surface area contributed by atoms with E-state index in [9.17, 15) is 4.79 Å². The standard InChI is InChI=1S/C30H38N4OS/c1-20-9-18-26(31-29(36)32-28(35)30(2,3)4)25(19-20)27(21-10-14-23(15-11-21)33(5)6)22-12-16-24(17-13-22)34(7)8/h9-19,27H,1-8H3,(H2,31,32,35,36). The van der Waals surface area contributed by atoms with Crippen LogP contribution in [-0.2, 0) is 4.79 Å². The third-order valence-electron chi connectivity index (χ3n) is 6.16. The molecule has 0 aromatic heterocycles. The van der Waals surface area contributed by atoms with E-state index in [0.29, 0.717) is 5.11 Å². The zero-order chi connectivity index (χ0) is 26.6. The molecule has 0 unspecified atom stereocenters. The Bertz CT molecular complexity index is 1160. The number of anilines is 3. The number of nitrogens with zero attached hydrogens (tertiary/aromatic N) is 2. The molecule has 0 spiro atoms. The van der Waals surface area contributed by atoms with Crippen LogP contribution >= 0.6 is 12.2 Å². The van der Waals surface area contributed by atoms with E-state index in [1.807, 2.05) is 55.0 Å². The summed E-state index contributed by atoms with van der Waals surface area (Å²) in [5.41, 5.74) is 7.24. The van der Waals surface area contributed by atoms with E-state index in [0.717, 1.165) is 28.2 Å². The van der Waals surface area contributed by atoms with Gasteiger partial charge in [0.1, 0.15) is 0 Å². The van der Waals surface area contributed by atoms with Crippen molar-refractivity contribution in [3.05, 3.63) is 89.0 Å². The lowest BCUT2D eigenvalue weighted by Gasteiger charge is -2.25. The van der Waals surface area contributed by atoms with Crippen molar-refractivity contribution in [1.29, 1.82) is 0 Å². The molecule has 0 heterocycles. The lowest BCUT2D eigenvalue weighted by Crippen LogP contribution is -2.41. The molecule has 0 bridgehead atoms. The Balaban J connectivity index is 2.09. The van der Waals surface area contributed by atoms with Gasteiger partial charge in [-0.15, -0.1) is 0 Å². The normalized spacial score (nSPS) is 11.2. The van der Waals surface area contributed by atoms with Gasteiger partial charge in [0.2, 0.25) is 5.91 Å². The van der Waals surface area contributed by atoms with Gasteiger partial charge in [-0.1, -0.05) is 62.7 Å². The van der Waals surface area contributed by atoms with Crippen molar-refractivity contribution in [2.45, 2.75) is 33.6 Å². The maximum atomic E-state index is 12.5. The van der Waals surface area contributed by atoms with Crippen LogP contribution in [0, 0.1) is 12.3 Å². The summed E-state index contributed by atoms with van der Waals surface area (Å²) in [6.07, 6.45) is 0. The summed E-state index contributed by atoms with van der Waals surface area (Å²) in [4.78, 5) is 16.7. The highest BCUT2D eigenvalue weighted by molar-refractivity contribution is 7.80. The minimum atomic E-state index is -0.535. The first-order chi connectivity index (χ1) is 16.9. The summed E-state index contributed by atoms with van der Waals surface area (Å²) in [6, 6.07) is 23.6. The number of thiocarbonyl (C=S) groups is 1. The largest absolute Gasteiger partial charge is 0.378 e. The van der Waals surface area contributed by atoms with Crippen molar-refractivity contribution in [2.24, 2.45) is 5.41 Å². The van der Waals surface area contributed by atoms with Gasteiger partial charge in [0.05, 0.1) is 0 Å². The number of hydrogen-bond acceptors (Lipinski definition) is 4. The van der Waals surface area contributed by atoms with Gasteiger partial charge in [-0.05, 0) is 66.2 Å². The molecule has 0 saturated carbocycles. The highest BCUT2D eigenvalue weighted by atomic mass is 32.1. The van der Waals surface area contributed by atoms with Gasteiger partial charge in [0.25, 0.3) is 0 Å². The number of aryl methyl sites for hydroxylation is 1. The molecule has 190 valence electrons. The molecule has 3 rings (SSSR count). The predicted molar refractivity (Wildman–Crippen MR) is 157 cm³/mol. The number of nitrogens with one attached hydrogen (secondary N) is 2. The van der Waals surface area contributed by atoms with Gasteiger partial charge in [0, 0.05) is 56.6 Å². The van der Waals surface area contributed by atoms with Crippen molar-refractivity contribution in [2.75, 3.05) is 43.3 Å². The molecule has 0 atom stereocenters. The zero-order valence-corrected chi connectivity index (χ0v) is 23.5.